The first-order valence-electron chi connectivity index (χ1n) is 9.50. The largest absolute Gasteiger partial charge is 0.342 e. The smallest absolute Gasteiger partial charge is 0.225 e. The van der Waals surface area contributed by atoms with E-state index in [1.54, 1.807) is 0 Å². The van der Waals surface area contributed by atoms with Crippen molar-refractivity contribution < 1.29 is 4.79 Å². The molecule has 1 aromatic rings. The molecule has 3 aliphatic rings. The molecule has 3 fully saturated rings. The summed E-state index contributed by atoms with van der Waals surface area (Å²) in [5.74, 6) is 3.36. The molecule has 2 atom stereocenters. The number of anilines is 1. The Morgan fingerprint density at radius 1 is 1.08 bits per heavy atom. The summed E-state index contributed by atoms with van der Waals surface area (Å²) >= 11 is 0. The molecule has 2 saturated heterocycles. The number of piperidine rings is 1. The van der Waals surface area contributed by atoms with Crippen molar-refractivity contribution in [2.45, 2.75) is 45.4 Å². The number of fused-ring (bicyclic) bond motifs is 1. The van der Waals surface area contributed by atoms with Crippen LogP contribution in [0, 0.1) is 24.7 Å². The van der Waals surface area contributed by atoms with Crippen LogP contribution in [0.1, 0.15) is 44.1 Å². The van der Waals surface area contributed by atoms with Crippen molar-refractivity contribution in [1.82, 2.24) is 14.9 Å². The molecule has 130 valence electrons. The Kier molecular flexibility index (Phi) is 4.42. The quantitative estimate of drug-likeness (QED) is 0.856. The van der Waals surface area contributed by atoms with Crippen molar-refractivity contribution in [3.63, 3.8) is 0 Å². The molecule has 0 N–H and O–H groups in total. The monoisotopic (exact) mass is 328 g/mol. The number of likely N-dealkylation sites (tertiary alicyclic amines) is 1. The molecule has 1 amide bonds. The number of aromatic nitrogens is 2. The van der Waals surface area contributed by atoms with Crippen molar-refractivity contribution >= 4 is 11.9 Å². The maximum absolute atomic E-state index is 12.6. The first-order valence-corrected chi connectivity index (χ1v) is 9.50. The molecule has 1 saturated carbocycles. The molecule has 5 heteroatoms. The second-order valence-electron chi connectivity index (χ2n) is 7.94. The van der Waals surface area contributed by atoms with Crippen LogP contribution in [0.3, 0.4) is 0 Å². The fraction of sp³-hybridized carbons (Fsp3) is 0.737. The minimum absolute atomic E-state index is 0.398. The van der Waals surface area contributed by atoms with Gasteiger partial charge in [-0.25, -0.2) is 9.97 Å². The van der Waals surface area contributed by atoms with E-state index >= 15 is 0 Å². The molecule has 0 spiro atoms. The summed E-state index contributed by atoms with van der Waals surface area (Å²) in [5, 5.41) is 0. The molecular formula is C19H28N4O. The second kappa shape index (κ2) is 6.69. The highest BCUT2D eigenvalue weighted by atomic mass is 16.2. The molecular weight excluding hydrogens is 300 g/mol. The first-order chi connectivity index (χ1) is 11.7. The van der Waals surface area contributed by atoms with E-state index in [2.05, 4.69) is 19.8 Å². The Labute approximate surface area is 144 Å². The summed E-state index contributed by atoms with van der Waals surface area (Å²) in [7, 11) is 0. The van der Waals surface area contributed by atoms with E-state index in [0.29, 0.717) is 11.8 Å². The Hall–Kier alpha value is -1.65. The van der Waals surface area contributed by atoms with Crippen LogP contribution in [0.25, 0.3) is 0 Å². The van der Waals surface area contributed by atoms with E-state index in [1.165, 1.54) is 19.3 Å². The molecule has 5 nitrogen and oxygen atoms in total. The van der Waals surface area contributed by atoms with Gasteiger partial charge in [-0.15, -0.1) is 0 Å². The number of aryl methyl sites for hydroxylation is 1. The third-order valence-corrected chi connectivity index (χ3v) is 6.21. The Morgan fingerprint density at radius 2 is 1.71 bits per heavy atom. The van der Waals surface area contributed by atoms with Crippen molar-refractivity contribution in [2.24, 2.45) is 17.8 Å². The van der Waals surface area contributed by atoms with Gasteiger partial charge in [-0.05, 0) is 55.9 Å². The standard InChI is InChI=1S/C19H28N4O/c1-14-10-20-19(21-11-14)22-7-5-15(6-8-22)9-18(24)23-12-16-3-2-4-17(16)13-23/h10-11,15-17H,2-9,12-13H2,1H3. The average Bonchev–Trinajstić information content (AvgIpc) is 3.18. The first kappa shape index (κ1) is 15.9. The van der Waals surface area contributed by atoms with Gasteiger partial charge in [0, 0.05) is 45.0 Å². The van der Waals surface area contributed by atoms with E-state index in [0.717, 1.165) is 68.8 Å². The lowest BCUT2D eigenvalue weighted by Crippen LogP contribution is -2.37. The molecule has 24 heavy (non-hydrogen) atoms. The van der Waals surface area contributed by atoms with E-state index in [4.69, 9.17) is 0 Å². The fourth-order valence-corrected chi connectivity index (χ4v) is 4.70. The zero-order chi connectivity index (χ0) is 16.5. The lowest BCUT2D eigenvalue weighted by atomic mass is 9.93. The molecule has 0 radical (unpaired) electrons. The topological polar surface area (TPSA) is 49.3 Å². The Morgan fingerprint density at radius 3 is 2.33 bits per heavy atom. The number of hydrogen-bond acceptors (Lipinski definition) is 4. The van der Waals surface area contributed by atoms with E-state index in [-0.39, 0.29) is 0 Å². The maximum atomic E-state index is 12.6. The van der Waals surface area contributed by atoms with Gasteiger partial charge >= 0.3 is 0 Å². The molecule has 0 aromatic carbocycles. The summed E-state index contributed by atoms with van der Waals surface area (Å²) in [6.07, 6.45) is 10.7. The highest BCUT2D eigenvalue weighted by Crippen LogP contribution is 2.38. The zero-order valence-electron chi connectivity index (χ0n) is 14.7. The highest BCUT2D eigenvalue weighted by molar-refractivity contribution is 5.76. The number of amides is 1. The van der Waals surface area contributed by atoms with Crippen molar-refractivity contribution in [3.05, 3.63) is 18.0 Å². The highest BCUT2D eigenvalue weighted by Gasteiger charge is 2.38. The lowest BCUT2D eigenvalue weighted by molar-refractivity contribution is -0.131. The number of carbonyl (C=O) groups excluding carboxylic acids is 1. The predicted molar refractivity (Wildman–Crippen MR) is 93.7 cm³/mol. The SMILES string of the molecule is Cc1cnc(N2CCC(CC(=O)N3CC4CCCC4C3)CC2)nc1. The van der Waals surface area contributed by atoms with Crippen LogP contribution in [-0.2, 0) is 4.79 Å². The van der Waals surface area contributed by atoms with Crippen molar-refractivity contribution in [2.75, 3.05) is 31.1 Å². The van der Waals surface area contributed by atoms with Crippen LogP contribution in [0.4, 0.5) is 5.95 Å². The van der Waals surface area contributed by atoms with Gasteiger partial charge in [0.15, 0.2) is 0 Å². The fourth-order valence-electron chi connectivity index (χ4n) is 4.70. The summed E-state index contributed by atoms with van der Waals surface area (Å²) in [5.41, 5.74) is 1.09. The van der Waals surface area contributed by atoms with Crippen molar-refractivity contribution in [1.29, 1.82) is 0 Å². The summed E-state index contributed by atoms with van der Waals surface area (Å²) in [6, 6.07) is 0. The zero-order valence-corrected chi connectivity index (χ0v) is 14.7. The van der Waals surface area contributed by atoms with E-state index < -0.39 is 0 Å². The Bertz CT molecular complexity index is 568. The van der Waals surface area contributed by atoms with Gasteiger partial charge in [-0.2, -0.15) is 0 Å². The normalized spacial score (nSPS) is 27.5. The molecule has 2 aliphatic heterocycles. The predicted octanol–water partition coefficient (Wildman–Crippen LogP) is 2.65. The molecule has 3 heterocycles. The van der Waals surface area contributed by atoms with Crippen LogP contribution < -0.4 is 4.90 Å². The molecule has 2 unspecified atom stereocenters. The van der Waals surface area contributed by atoms with Gasteiger partial charge in [-0.1, -0.05) is 6.42 Å². The minimum Gasteiger partial charge on any atom is -0.342 e. The van der Waals surface area contributed by atoms with Crippen LogP contribution in [0.15, 0.2) is 12.4 Å². The maximum Gasteiger partial charge on any atom is 0.225 e. The Balaban J connectivity index is 1.26. The van der Waals surface area contributed by atoms with Gasteiger partial charge in [0.05, 0.1) is 0 Å². The third kappa shape index (κ3) is 3.26. The number of hydrogen-bond donors (Lipinski definition) is 0. The van der Waals surface area contributed by atoms with Gasteiger partial charge in [0.2, 0.25) is 11.9 Å². The van der Waals surface area contributed by atoms with Gasteiger partial charge in [0.25, 0.3) is 0 Å². The number of carbonyl (C=O) groups is 1. The van der Waals surface area contributed by atoms with Crippen molar-refractivity contribution in [3.8, 4) is 0 Å². The number of rotatable bonds is 3. The van der Waals surface area contributed by atoms with Crippen LogP contribution in [0.5, 0.6) is 0 Å². The van der Waals surface area contributed by atoms with Gasteiger partial charge < -0.3 is 9.80 Å². The van der Waals surface area contributed by atoms with Crippen LogP contribution in [-0.4, -0.2) is 47.0 Å². The van der Waals surface area contributed by atoms with E-state index in [1.807, 2.05) is 19.3 Å². The lowest BCUT2D eigenvalue weighted by Gasteiger charge is -2.32. The summed E-state index contributed by atoms with van der Waals surface area (Å²) in [4.78, 5) is 25.9. The summed E-state index contributed by atoms with van der Waals surface area (Å²) < 4.78 is 0. The second-order valence-corrected chi connectivity index (χ2v) is 7.94. The van der Waals surface area contributed by atoms with Crippen LogP contribution in [0.2, 0.25) is 0 Å². The molecule has 1 aliphatic carbocycles. The van der Waals surface area contributed by atoms with E-state index in [9.17, 15) is 4.79 Å². The number of nitrogens with zero attached hydrogens (tertiary/aromatic N) is 4. The minimum atomic E-state index is 0.398. The molecule has 0 bridgehead atoms. The third-order valence-electron chi connectivity index (χ3n) is 6.21. The summed E-state index contributed by atoms with van der Waals surface area (Å²) in [6.45, 7) is 5.99. The van der Waals surface area contributed by atoms with Gasteiger partial charge in [0.1, 0.15) is 0 Å². The van der Waals surface area contributed by atoms with Gasteiger partial charge in [-0.3, -0.25) is 4.79 Å². The average molecular weight is 328 g/mol. The molecule has 1 aromatic heterocycles. The van der Waals surface area contributed by atoms with Crippen LogP contribution >= 0.6 is 0 Å². The molecule has 4 rings (SSSR count).